The van der Waals surface area contributed by atoms with E-state index in [1.807, 2.05) is 18.2 Å². The second-order valence-corrected chi connectivity index (χ2v) is 7.58. The number of carbonyl (C=O) groups excluding carboxylic acids is 1. The Morgan fingerprint density at radius 1 is 1.15 bits per heavy atom. The summed E-state index contributed by atoms with van der Waals surface area (Å²) in [5.41, 5.74) is 2.04. The summed E-state index contributed by atoms with van der Waals surface area (Å²) in [6.45, 7) is 2.39. The molecule has 1 amide bonds. The van der Waals surface area contributed by atoms with Crippen molar-refractivity contribution in [2.75, 3.05) is 25.1 Å². The molecule has 1 fully saturated rings. The molecule has 4 rings (SSSR count). The molecule has 6 heteroatoms. The highest BCUT2D eigenvalue weighted by molar-refractivity contribution is 6.30. The normalized spacial score (nSPS) is 18.6. The van der Waals surface area contributed by atoms with Crippen molar-refractivity contribution < 1.29 is 13.9 Å². The number of benzene rings is 2. The first-order valence-corrected chi connectivity index (χ1v) is 9.64. The molecule has 2 heterocycles. The molecule has 4 nitrogen and oxygen atoms in total. The maximum atomic E-state index is 15.0. The summed E-state index contributed by atoms with van der Waals surface area (Å²) in [6, 6.07) is 10.9. The second kappa shape index (κ2) is 7.58. The van der Waals surface area contributed by atoms with Gasteiger partial charge in [-0.1, -0.05) is 29.8 Å². The lowest BCUT2D eigenvalue weighted by molar-refractivity contribution is -0.125. The van der Waals surface area contributed by atoms with Gasteiger partial charge in [0.2, 0.25) is 5.91 Å². The van der Waals surface area contributed by atoms with E-state index in [-0.39, 0.29) is 17.4 Å². The molecule has 2 aliphatic rings. The van der Waals surface area contributed by atoms with Gasteiger partial charge in [-0.3, -0.25) is 4.79 Å². The van der Waals surface area contributed by atoms with Crippen LogP contribution in [0.5, 0.6) is 0 Å². The number of halogens is 2. The Bertz CT molecular complexity index is 848. The van der Waals surface area contributed by atoms with E-state index in [2.05, 4.69) is 10.6 Å². The number of hydrogen-bond acceptors (Lipinski definition) is 3. The molecule has 27 heavy (non-hydrogen) atoms. The zero-order valence-corrected chi connectivity index (χ0v) is 15.7. The topological polar surface area (TPSA) is 50.4 Å². The van der Waals surface area contributed by atoms with Gasteiger partial charge in [0.1, 0.15) is 5.82 Å². The number of anilines is 1. The number of amides is 1. The van der Waals surface area contributed by atoms with Gasteiger partial charge in [0.05, 0.1) is 11.1 Å². The zero-order valence-electron chi connectivity index (χ0n) is 15.0. The van der Waals surface area contributed by atoms with Crippen molar-refractivity contribution >= 4 is 23.2 Å². The minimum Gasteiger partial charge on any atom is -0.381 e. The quantitative estimate of drug-likeness (QED) is 0.840. The minimum absolute atomic E-state index is 0.194. The van der Waals surface area contributed by atoms with Crippen molar-refractivity contribution in [3.63, 3.8) is 0 Å². The van der Waals surface area contributed by atoms with Crippen molar-refractivity contribution in [3.8, 4) is 0 Å². The fraction of sp³-hybridized carbons (Fsp3) is 0.381. The van der Waals surface area contributed by atoms with Crippen LogP contribution in [-0.2, 0) is 27.9 Å². The van der Waals surface area contributed by atoms with E-state index >= 15 is 0 Å². The van der Waals surface area contributed by atoms with Crippen LogP contribution in [0, 0.1) is 5.82 Å². The Morgan fingerprint density at radius 3 is 2.63 bits per heavy atom. The first-order valence-electron chi connectivity index (χ1n) is 9.26. The van der Waals surface area contributed by atoms with Crippen molar-refractivity contribution in [2.24, 2.45) is 0 Å². The lowest BCUT2D eigenvalue weighted by Gasteiger charge is -2.36. The highest BCUT2D eigenvalue weighted by atomic mass is 35.5. The van der Waals surface area contributed by atoms with Gasteiger partial charge in [-0.05, 0) is 60.7 Å². The highest BCUT2D eigenvalue weighted by Crippen LogP contribution is 2.37. The van der Waals surface area contributed by atoms with Gasteiger partial charge in [-0.2, -0.15) is 0 Å². The molecule has 1 saturated heterocycles. The summed E-state index contributed by atoms with van der Waals surface area (Å²) in [5, 5.41) is 6.72. The third-order valence-electron chi connectivity index (χ3n) is 5.63. The molecule has 2 aromatic rings. The fourth-order valence-corrected chi connectivity index (χ4v) is 4.13. The Hall–Kier alpha value is -1.95. The van der Waals surface area contributed by atoms with Crippen LogP contribution in [0.2, 0.25) is 5.02 Å². The first-order chi connectivity index (χ1) is 13.1. The molecular weight excluding hydrogens is 367 g/mol. The largest absolute Gasteiger partial charge is 0.381 e. The van der Waals surface area contributed by atoms with Crippen LogP contribution >= 0.6 is 11.6 Å². The smallest absolute Gasteiger partial charge is 0.235 e. The molecule has 0 atom stereocenters. The van der Waals surface area contributed by atoms with E-state index in [0.29, 0.717) is 49.6 Å². The number of fused-ring (bicyclic) bond motifs is 1. The standard InChI is InChI=1S/C21H22ClFN2O2/c22-16-4-2-15(3-5-16)21(8-11-27-12-9-21)20(26)25-18-6-1-14-13-24-10-7-17(14)19(18)23/h1-6,24H,7-13H2,(H,25,26). The van der Waals surface area contributed by atoms with Gasteiger partial charge in [0.25, 0.3) is 0 Å². The summed E-state index contributed by atoms with van der Waals surface area (Å²) in [7, 11) is 0. The molecule has 142 valence electrons. The van der Waals surface area contributed by atoms with E-state index in [9.17, 15) is 9.18 Å². The third kappa shape index (κ3) is 3.47. The molecule has 2 N–H and O–H groups in total. The van der Waals surface area contributed by atoms with Crippen molar-refractivity contribution in [2.45, 2.75) is 31.2 Å². The van der Waals surface area contributed by atoms with E-state index in [1.165, 1.54) is 0 Å². The first kappa shape index (κ1) is 18.4. The molecule has 0 saturated carbocycles. The number of nitrogens with one attached hydrogen (secondary N) is 2. The number of carbonyl (C=O) groups is 1. The lowest BCUT2D eigenvalue weighted by Crippen LogP contribution is -2.45. The van der Waals surface area contributed by atoms with Gasteiger partial charge in [0.15, 0.2) is 0 Å². The number of rotatable bonds is 3. The predicted molar refractivity (Wildman–Crippen MR) is 104 cm³/mol. The molecule has 2 aromatic carbocycles. The Morgan fingerprint density at radius 2 is 1.89 bits per heavy atom. The SMILES string of the molecule is O=C(Nc1ccc2c(c1F)CCNC2)C1(c2ccc(Cl)cc2)CCOCC1. The van der Waals surface area contributed by atoms with E-state index in [0.717, 1.165) is 17.7 Å². The van der Waals surface area contributed by atoms with Gasteiger partial charge in [0, 0.05) is 24.8 Å². The Balaban J connectivity index is 1.66. The summed E-state index contributed by atoms with van der Waals surface area (Å²) in [6.07, 6.45) is 1.73. The second-order valence-electron chi connectivity index (χ2n) is 7.15. The number of hydrogen-bond donors (Lipinski definition) is 2. The summed E-state index contributed by atoms with van der Waals surface area (Å²) < 4.78 is 20.5. The van der Waals surface area contributed by atoms with E-state index in [1.54, 1.807) is 18.2 Å². The summed E-state index contributed by atoms with van der Waals surface area (Å²) >= 11 is 6.01. The third-order valence-corrected chi connectivity index (χ3v) is 5.89. The van der Waals surface area contributed by atoms with Crippen molar-refractivity contribution in [1.29, 1.82) is 0 Å². The van der Waals surface area contributed by atoms with Crippen molar-refractivity contribution in [3.05, 3.63) is 63.9 Å². The Kier molecular flexibility index (Phi) is 5.17. The zero-order chi connectivity index (χ0) is 18.9. The Labute approximate surface area is 163 Å². The van der Waals surface area contributed by atoms with E-state index in [4.69, 9.17) is 16.3 Å². The molecule has 2 aliphatic heterocycles. The summed E-state index contributed by atoms with van der Waals surface area (Å²) in [5.74, 6) is -0.512. The molecule has 0 spiro atoms. The molecular formula is C21H22ClFN2O2. The van der Waals surface area contributed by atoms with Crippen molar-refractivity contribution in [1.82, 2.24) is 5.32 Å². The lowest BCUT2D eigenvalue weighted by atomic mass is 9.73. The molecule has 0 radical (unpaired) electrons. The van der Waals surface area contributed by atoms with Crippen LogP contribution in [-0.4, -0.2) is 25.7 Å². The maximum absolute atomic E-state index is 15.0. The summed E-state index contributed by atoms with van der Waals surface area (Å²) in [4.78, 5) is 13.3. The van der Waals surface area contributed by atoms with Crippen LogP contribution in [0.1, 0.15) is 29.5 Å². The molecule has 0 aromatic heterocycles. The highest BCUT2D eigenvalue weighted by Gasteiger charge is 2.42. The minimum atomic E-state index is -0.743. The van der Waals surface area contributed by atoms with Crippen LogP contribution in [0.3, 0.4) is 0 Å². The van der Waals surface area contributed by atoms with Gasteiger partial charge in [-0.25, -0.2) is 4.39 Å². The van der Waals surface area contributed by atoms with Crippen LogP contribution in [0.25, 0.3) is 0 Å². The monoisotopic (exact) mass is 388 g/mol. The maximum Gasteiger partial charge on any atom is 0.235 e. The average molecular weight is 389 g/mol. The van der Waals surface area contributed by atoms with Gasteiger partial charge >= 0.3 is 0 Å². The van der Waals surface area contributed by atoms with Crippen LogP contribution in [0.4, 0.5) is 10.1 Å². The van der Waals surface area contributed by atoms with Crippen LogP contribution in [0.15, 0.2) is 36.4 Å². The fourth-order valence-electron chi connectivity index (χ4n) is 4.01. The number of ether oxygens (including phenoxy) is 1. The van der Waals surface area contributed by atoms with E-state index < -0.39 is 5.41 Å². The van der Waals surface area contributed by atoms with Gasteiger partial charge < -0.3 is 15.4 Å². The average Bonchev–Trinajstić information content (AvgIpc) is 2.71. The molecule has 0 bridgehead atoms. The van der Waals surface area contributed by atoms with Gasteiger partial charge in [-0.15, -0.1) is 0 Å². The molecule has 0 aliphatic carbocycles. The predicted octanol–water partition coefficient (Wildman–Crippen LogP) is 3.81. The van der Waals surface area contributed by atoms with Crippen LogP contribution < -0.4 is 10.6 Å². The molecule has 0 unspecified atom stereocenters.